The van der Waals surface area contributed by atoms with Crippen LogP contribution in [0.4, 0.5) is 11.4 Å². The molecule has 17 heavy (non-hydrogen) atoms. The summed E-state index contributed by atoms with van der Waals surface area (Å²) in [5.74, 6) is 0.0377. The first kappa shape index (κ1) is 10.4. The van der Waals surface area contributed by atoms with Crippen molar-refractivity contribution in [2.45, 2.75) is 13.0 Å². The molecule has 0 saturated carbocycles. The van der Waals surface area contributed by atoms with Gasteiger partial charge in [-0.2, -0.15) is 0 Å². The van der Waals surface area contributed by atoms with Crippen LogP contribution in [0, 0.1) is 0 Å². The maximum absolute atomic E-state index is 11.6. The highest BCUT2D eigenvalue weighted by molar-refractivity contribution is 7.10. The van der Waals surface area contributed by atoms with Crippen LogP contribution in [-0.4, -0.2) is 12.5 Å². The second-order valence-electron chi connectivity index (χ2n) is 4.01. The fourth-order valence-electron chi connectivity index (χ4n) is 2.07. The van der Waals surface area contributed by atoms with E-state index < -0.39 is 0 Å². The number of hydrogen-bond donors (Lipinski definition) is 1. The maximum atomic E-state index is 11.6. The van der Waals surface area contributed by atoms with Crippen molar-refractivity contribution in [2.24, 2.45) is 0 Å². The lowest BCUT2D eigenvalue weighted by Crippen LogP contribution is -2.38. The molecule has 5 heteroatoms. The minimum atomic E-state index is 0.0377. The van der Waals surface area contributed by atoms with Crippen LogP contribution in [0.5, 0.6) is 0 Å². The van der Waals surface area contributed by atoms with Crippen molar-refractivity contribution < 1.29 is 9.21 Å². The van der Waals surface area contributed by atoms with Gasteiger partial charge >= 0.3 is 0 Å². The number of carbonyl (C=O) groups is 1. The summed E-state index contributed by atoms with van der Waals surface area (Å²) in [5.41, 5.74) is 1.70. The van der Waals surface area contributed by atoms with E-state index in [1.807, 2.05) is 11.4 Å². The van der Waals surface area contributed by atoms with Crippen LogP contribution >= 0.6 is 11.3 Å². The molecule has 1 unspecified atom stereocenters. The molecular formula is C12H12N2O2S. The normalized spacial score (nSPS) is 18.6. The van der Waals surface area contributed by atoms with Gasteiger partial charge in [0.15, 0.2) is 0 Å². The zero-order valence-electron chi connectivity index (χ0n) is 9.34. The molecule has 88 valence electrons. The first-order valence-electron chi connectivity index (χ1n) is 5.40. The Bertz CT molecular complexity index is 532. The van der Waals surface area contributed by atoms with Crippen molar-refractivity contribution >= 4 is 28.6 Å². The van der Waals surface area contributed by atoms with Gasteiger partial charge in [0.25, 0.3) is 0 Å². The van der Waals surface area contributed by atoms with Gasteiger partial charge in [-0.05, 0) is 11.4 Å². The van der Waals surface area contributed by atoms with Crippen LogP contribution in [0.1, 0.15) is 17.8 Å². The van der Waals surface area contributed by atoms with Crippen molar-refractivity contribution in [2.75, 3.05) is 16.8 Å². The topological polar surface area (TPSA) is 45.5 Å². The number of amides is 1. The lowest BCUT2D eigenvalue weighted by Gasteiger charge is -2.32. The Morgan fingerprint density at radius 1 is 1.59 bits per heavy atom. The zero-order chi connectivity index (χ0) is 11.8. The summed E-state index contributed by atoms with van der Waals surface area (Å²) in [6.07, 6.45) is 3.25. The third-order valence-electron chi connectivity index (χ3n) is 2.89. The summed E-state index contributed by atoms with van der Waals surface area (Å²) in [7, 11) is 0. The molecule has 0 bridgehead atoms. The van der Waals surface area contributed by atoms with Gasteiger partial charge in [-0.25, -0.2) is 0 Å². The Morgan fingerprint density at radius 3 is 3.18 bits per heavy atom. The lowest BCUT2D eigenvalue weighted by molar-refractivity contribution is -0.116. The monoisotopic (exact) mass is 248 g/mol. The predicted molar refractivity (Wildman–Crippen MR) is 67.4 cm³/mol. The molecule has 3 heterocycles. The van der Waals surface area contributed by atoms with E-state index in [0.717, 1.165) is 11.4 Å². The minimum absolute atomic E-state index is 0.0377. The lowest BCUT2D eigenvalue weighted by atomic mass is 10.1. The Kier molecular flexibility index (Phi) is 2.40. The molecule has 0 aromatic carbocycles. The largest absolute Gasteiger partial charge is 0.468 e. The Labute approximate surface area is 103 Å². The minimum Gasteiger partial charge on any atom is -0.468 e. The fourth-order valence-corrected chi connectivity index (χ4v) is 2.84. The molecule has 1 aliphatic rings. The molecule has 1 amide bonds. The van der Waals surface area contributed by atoms with Gasteiger partial charge in [0, 0.05) is 11.8 Å². The van der Waals surface area contributed by atoms with Crippen molar-refractivity contribution in [3.8, 4) is 0 Å². The van der Waals surface area contributed by atoms with Gasteiger partial charge in [-0.1, -0.05) is 6.07 Å². The first-order chi connectivity index (χ1) is 8.25. The van der Waals surface area contributed by atoms with Gasteiger partial charge in [-0.15, -0.1) is 11.3 Å². The van der Waals surface area contributed by atoms with Crippen molar-refractivity contribution in [3.05, 3.63) is 34.9 Å². The number of nitrogens with one attached hydrogen (secondary N) is 1. The van der Waals surface area contributed by atoms with Gasteiger partial charge < -0.3 is 14.6 Å². The number of rotatable bonds is 1. The molecule has 4 nitrogen and oxygen atoms in total. The number of anilines is 2. The van der Waals surface area contributed by atoms with Gasteiger partial charge in [0.2, 0.25) is 5.91 Å². The van der Waals surface area contributed by atoms with Gasteiger partial charge in [-0.3, -0.25) is 4.79 Å². The van der Waals surface area contributed by atoms with Gasteiger partial charge in [0.05, 0.1) is 18.3 Å². The van der Waals surface area contributed by atoms with Crippen molar-refractivity contribution in [1.29, 1.82) is 0 Å². The summed E-state index contributed by atoms with van der Waals surface area (Å²) in [6, 6.07) is 4.24. The number of nitrogens with zero attached hydrogens (tertiary/aromatic N) is 1. The summed E-state index contributed by atoms with van der Waals surface area (Å²) in [5, 5.41) is 5.43. The first-order valence-corrected chi connectivity index (χ1v) is 6.28. The molecule has 0 spiro atoms. The SMILES string of the molecule is CC(=O)N1CC(c2cccs2)Nc2cocc21. The number of thiophene rings is 1. The molecular weight excluding hydrogens is 236 g/mol. The van der Waals surface area contributed by atoms with E-state index in [9.17, 15) is 4.79 Å². The predicted octanol–water partition coefficient (Wildman–Crippen LogP) is 2.86. The average molecular weight is 248 g/mol. The van der Waals surface area contributed by atoms with Crippen molar-refractivity contribution in [3.63, 3.8) is 0 Å². The molecule has 2 aromatic heterocycles. The number of carbonyl (C=O) groups excluding carboxylic acids is 1. The van der Waals surface area contributed by atoms with E-state index in [0.29, 0.717) is 6.54 Å². The Hall–Kier alpha value is -1.75. The maximum Gasteiger partial charge on any atom is 0.224 e. The standard InChI is InChI=1S/C12H12N2O2S/c1-8(15)14-5-9(12-3-2-4-17-12)13-10-6-16-7-11(10)14/h2-4,6-7,9,13H,5H2,1H3. The second-order valence-corrected chi connectivity index (χ2v) is 4.99. The van der Waals surface area contributed by atoms with Crippen LogP contribution in [0.2, 0.25) is 0 Å². The van der Waals surface area contributed by atoms with Crippen LogP contribution in [-0.2, 0) is 4.79 Å². The molecule has 1 N–H and O–H groups in total. The molecule has 3 rings (SSSR count). The van der Waals surface area contributed by atoms with Crippen LogP contribution < -0.4 is 10.2 Å². The van der Waals surface area contributed by atoms with Crippen LogP contribution in [0.3, 0.4) is 0 Å². The number of furan rings is 1. The second kappa shape index (κ2) is 3.92. The smallest absolute Gasteiger partial charge is 0.224 e. The fraction of sp³-hybridized carbons (Fsp3) is 0.250. The van der Waals surface area contributed by atoms with E-state index in [4.69, 9.17) is 4.42 Å². The third kappa shape index (κ3) is 1.72. The number of fused-ring (bicyclic) bond motifs is 1. The Balaban J connectivity index is 1.97. The van der Waals surface area contributed by atoms with E-state index >= 15 is 0 Å². The summed E-state index contributed by atoms with van der Waals surface area (Å²) in [6.45, 7) is 2.22. The zero-order valence-corrected chi connectivity index (χ0v) is 10.2. The molecule has 2 aromatic rings. The summed E-state index contributed by atoms with van der Waals surface area (Å²) < 4.78 is 5.16. The highest BCUT2D eigenvalue weighted by Crippen LogP contribution is 2.37. The Morgan fingerprint density at radius 2 is 2.47 bits per heavy atom. The highest BCUT2D eigenvalue weighted by atomic mass is 32.1. The summed E-state index contributed by atoms with van der Waals surface area (Å²) >= 11 is 1.69. The summed E-state index contributed by atoms with van der Waals surface area (Å²) in [4.78, 5) is 14.6. The quantitative estimate of drug-likeness (QED) is 0.844. The molecule has 1 atom stereocenters. The average Bonchev–Trinajstić information content (AvgIpc) is 2.98. The third-order valence-corrected chi connectivity index (χ3v) is 3.88. The van der Waals surface area contributed by atoms with Crippen LogP contribution in [0.15, 0.2) is 34.5 Å². The van der Waals surface area contributed by atoms with E-state index in [2.05, 4.69) is 11.4 Å². The molecule has 0 aliphatic carbocycles. The van der Waals surface area contributed by atoms with E-state index in [1.165, 1.54) is 4.88 Å². The molecule has 1 aliphatic heterocycles. The molecule has 0 fully saturated rings. The number of hydrogen-bond acceptors (Lipinski definition) is 4. The van der Waals surface area contributed by atoms with E-state index in [-0.39, 0.29) is 11.9 Å². The van der Waals surface area contributed by atoms with Crippen molar-refractivity contribution in [1.82, 2.24) is 0 Å². The van der Waals surface area contributed by atoms with E-state index in [1.54, 1.807) is 35.7 Å². The molecule has 0 radical (unpaired) electrons. The van der Waals surface area contributed by atoms with Crippen LogP contribution in [0.25, 0.3) is 0 Å². The highest BCUT2D eigenvalue weighted by Gasteiger charge is 2.29. The molecule has 0 saturated heterocycles. The van der Waals surface area contributed by atoms with Gasteiger partial charge in [0.1, 0.15) is 18.2 Å².